The molecule has 0 saturated heterocycles. The molecule has 0 unspecified atom stereocenters. The largest absolute Gasteiger partial charge is 0.437 e. The predicted octanol–water partition coefficient (Wildman–Crippen LogP) is 10.9. The zero-order valence-electron chi connectivity index (χ0n) is 24.8. The summed E-state index contributed by atoms with van der Waals surface area (Å²) in [4.78, 5) is 8.96. The quantitative estimate of drug-likeness (QED) is 0.201. The number of hydrogen-bond acceptors (Lipinski definition) is 3. The fraction of sp³-hybridized carbons (Fsp3) is 0.189. The Hall–Kier alpha value is -4.91. The van der Waals surface area contributed by atoms with Crippen LogP contribution in [0.2, 0.25) is 0 Å². The Kier molecular flexibility index (Phi) is 6.57. The highest BCUT2D eigenvalue weighted by Crippen LogP contribution is 2.42. The van der Waals surface area contributed by atoms with Crippen LogP contribution in [-0.4, -0.2) is 14.5 Å². The van der Waals surface area contributed by atoms with Crippen molar-refractivity contribution in [2.75, 3.05) is 0 Å². The highest BCUT2D eigenvalue weighted by molar-refractivity contribution is 6.08. The molecule has 0 saturated carbocycles. The smallest absolute Gasteiger partial charge is 0.433 e. The van der Waals surface area contributed by atoms with Gasteiger partial charge in [0.05, 0.1) is 22.3 Å². The molecule has 7 rings (SSSR count). The van der Waals surface area contributed by atoms with Crippen LogP contribution < -0.4 is 0 Å². The molecule has 0 aliphatic carbocycles. The van der Waals surface area contributed by atoms with Crippen LogP contribution in [0.5, 0.6) is 0 Å². The lowest BCUT2D eigenvalue weighted by Crippen LogP contribution is -2.09. The molecule has 0 aliphatic rings. The first kappa shape index (κ1) is 27.9. The van der Waals surface area contributed by atoms with Crippen molar-refractivity contribution in [1.29, 1.82) is 0 Å². The molecule has 0 atom stereocenters. The van der Waals surface area contributed by atoms with Gasteiger partial charge in [0.1, 0.15) is 17.1 Å². The normalized spacial score (nSPS) is 12.4. The molecule has 4 aromatic carbocycles. The van der Waals surface area contributed by atoms with Gasteiger partial charge in [0.25, 0.3) is 0 Å². The fourth-order valence-electron chi connectivity index (χ4n) is 6.06. The van der Waals surface area contributed by atoms with Crippen LogP contribution in [-0.2, 0) is 6.18 Å². The molecule has 7 heteroatoms. The van der Waals surface area contributed by atoms with Crippen LogP contribution in [0, 0.1) is 0 Å². The van der Waals surface area contributed by atoms with Crippen LogP contribution in [0.15, 0.2) is 101 Å². The maximum absolute atomic E-state index is 13.5. The van der Waals surface area contributed by atoms with Crippen molar-refractivity contribution in [3.63, 3.8) is 0 Å². The van der Waals surface area contributed by atoms with Crippen LogP contribution >= 0.6 is 0 Å². The van der Waals surface area contributed by atoms with E-state index >= 15 is 0 Å². The molecule has 0 N–H and O–H groups in total. The summed E-state index contributed by atoms with van der Waals surface area (Å²) in [6, 6.07) is 31.0. The second kappa shape index (κ2) is 10.4. The number of nitrogens with zero attached hydrogens (tertiary/aromatic N) is 3. The Bertz CT molecular complexity index is 2140. The van der Waals surface area contributed by atoms with Gasteiger partial charge in [-0.1, -0.05) is 82.3 Å². The zero-order valence-corrected chi connectivity index (χ0v) is 24.8. The van der Waals surface area contributed by atoms with E-state index < -0.39 is 11.9 Å². The molecule has 4 nitrogen and oxygen atoms in total. The predicted molar refractivity (Wildman–Crippen MR) is 170 cm³/mol. The van der Waals surface area contributed by atoms with Gasteiger partial charge in [-0.25, -0.2) is 9.97 Å². The summed E-state index contributed by atoms with van der Waals surface area (Å²) >= 11 is 0. The van der Waals surface area contributed by atoms with E-state index in [2.05, 4.69) is 79.7 Å². The van der Waals surface area contributed by atoms with Crippen LogP contribution in [0.3, 0.4) is 0 Å². The molecule has 0 radical (unpaired) electrons. The number of imidazole rings is 1. The minimum absolute atomic E-state index is 0.0529. The number of halogens is 3. The van der Waals surface area contributed by atoms with E-state index in [0.717, 1.165) is 33.9 Å². The molecule has 0 bridgehead atoms. The second-order valence-corrected chi connectivity index (χ2v) is 11.8. The third-order valence-electron chi connectivity index (χ3n) is 8.20. The molecule has 44 heavy (non-hydrogen) atoms. The van der Waals surface area contributed by atoms with E-state index in [1.165, 1.54) is 17.2 Å². The Morgan fingerprint density at radius 1 is 0.682 bits per heavy atom. The molecule has 220 valence electrons. The topological polar surface area (TPSA) is 43.9 Å². The lowest BCUT2D eigenvalue weighted by molar-refractivity contribution is -0.141. The highest BCUT2D eigenvalue weighted by Gasteiger charge is 2.33. The van der Waals surface area contributed by atoms with Gasteiger partial charge in [-0.3, -0.25) is 4.57 Å². The standard InChI is InChI=1S/C37H30F3N3O/c1-21(2)28-19-24(23-11-6-5-7-12-23)20-29(22(3)4)33(28)43-31-16-9-8-15-30(31)41-35(43)27-14-10-13-25-26-17-18-32(37(38,39)40)42-36(26)44-34(25)27/h5-22H,1-4H3. The van der Waals surface area contributed by atoms with Gasteiger partial charge < -0.3 is 4.42 Å². The number of furan rings is 1. The molecule has 0 aliphatic heterocycles. The second-order valence-electron chi connectivity index (χ2n) is 11.8. The van der Waals surface area contributed by atoms with Gasteiger partial charge in [0.15, 0.2) is 0 Å². The lowest BCUT2D eigenvalue weighted by Gasteiger charge is -2.24. The fourth-order valence-corrected chi connectivity index (χ4v) is 6.06. The first-order valence-electron chi connectivity index (χ1n) is 14.7. The Morgan fingerprint density at radius 3 is 2.05 bits per heavy atom. The van der Waals surface area contributed by atoms with E-state index in [9.17, 15) is 13.2 Å². The monoisotopic (exact) mass is 589 g/mol. The van der Waals surface area contributed by atoms with Gasteiger partial charge in [-0.15, -0.1) is 0 Å². The summed E-state index contributed by atoms with van der Waals surface area (Å²) in [7, 11) is 0. The van der Waals surface area contributed by atoms with Crippen LogP contribution in [0.4, 0.5) is 13.2 Å². The number of benzene rings is 4. The molecular weight excluding hydrogens is 559 g/mol. The minimum atomic E-state index is -4.57. The number of pyridine rings is 1. The van der Waals surface area contributed by atoms with Crippen molar-refractivity contribution in [3.8, 4) is 28.2 Å². The van der Waals surface area contributed by atoms with Gasteiger partial charge in [0.2, 0.25) is 5.71 Å². The summed E-state index contributed by atoms with van der Waals surface area (Å²) < 4.78 is 48.8. The van der Waals surface area contributed by atoms with Crippen molar-refractivity contribution in [3.05, 3.63) is 114 Å². The third-order valence-corrected chi connectivity index (χ3v) is 8.20. The highest BCUT2D eigenvalue weighted by atomic mass is 19.4. The van der Waals surface area contributed by atoms with Crippen LogP contribution in [0.25, 0.3) is 61.3 Å². The first-order chi connectivity index (χ1) is 21.1. The van der Waals surface area contributed by atoms with Crippen molar-refractivity contribution in [2.45, 2.75) is 45.7 Å². The van der Waals surface area contributed by atoms with Gasteiger partial charge >= 0.3 is 6.18 Å². The maximum atomic E-state index is 13.5. The van der Waals surface area contributed by atoms with E-state index in [1.807, 2.05) is 42.5 Å². The Balaban J connectivity index is 1.56. The van der Waals surface area contributed by atoms with Crippen molar-refractivity contribution >= 4 is 33.1 Å². The molecule has 0 amide bonds. The lowest BCUT2D eigenvalue weighted by atomic mass is 9.88. The van der Waals surface area contributed by atoms with Gasteiger partial charge in [-0.2, -0.15) is 13.2 Å². The molecule has 3 aromatic heterocycles. The summed E-state index contributed by atoms with van der Waals surface area (Å²) in [5.41, 5.74) is 7.54. The molecular formula is C37H30F3N3O. The summed E-state index contributed by atoms with van der Waals surface area (Å²) in [5.74, 6) is 1.03. The third kappa shape index (κ3) is 4.55. The average Bonchev–Trinajstić information content (AvgIpc) is 3.58. The average molecular weight is 590 g/mol. The number of para-hydroxylation sites is 3. The number of fused-ring (bicyclic) bond motifs is 4. The molecule has 0 fully saturated rings. The van der Waals surface area contributed by atoms with E-state index in [1.54, 1.807) is 0 Å². The maximum Gasteiger partial charge on any atom is 0.433 e. The van der Waals surface area contributed by atoms with E-state index in [-0.39, 0.29) is 17.5 Å². The summed E-state index contributed by atoms with van der Waals surface area (Å²) in [6.45, 7) is 8.78. The number of alkyl halides is 3. The number of rotatable bonds is 5. The van der Waals surface area contributed by atoms with Gasteiger partial charge in [-0.05, 0) is 76.6 Å². The van der Waals surface area contributed by atoms with Crippen LogP contribution in [0.1, 0.15) is 56.4 Å². The zero-order chi connectivity index (χ0) is 30.7. The number of aromatic nitrogens is 3. The summed E-state index contributed by atoms with van der Waals surface area (Å²) in [6.07, 6.45) is -4.57. The minimum Gasteiger partial charge on any atom is -0.437 e. The Morgan fingerprint density at radius 2 is 1.36 bits per heavy atom. The Labute approximate surface area is 252 Å². The first-order valence-corrected chi connectivity index (χ1v) is 14.7. The van der Waals surface area contributed by atoms with E-state index in [4.69, 9.17) is 9.40 Å². The SMILES string of the molecule is CC(C)c1cc(-c2ccccc2)cc(C(C)C)c1-n1c(-c2cccc3c2oc2nc(C(F)(F)F)ccc23)nc2ccccc21. The van der Waals surface area contributed by atoms with Gasteiger partial charge in [0, 0.05) is 10.8 Å². The van der Waals surface area contributed by atoms with Crippen molar-refractivity contribution in [1.82, 2.24) is 14.5 Å². The molecule has 3 heterocycles. The van der Waals surface area contributed by atoms with E-state index in [0.29, 0.717) is 27.7 Å². The van der Waals surface area contributed by atoms with Crippen molar-refractivity contribution < 1.29 is 17.6 Å². The van der Waals surface area contributed by atoms with Crippen molar-refractivity contribution in [2.24, 2.45) is 0 Å². The molecule has 7 aromatic rings. The molecule has 0 spiro atoms. The number of hydrogen-bond donors (Lipinski definition) is 0. The summed E-state index contributed by atoms with van der Waals surface area (Å²) in [5, 5.41) is 1.21.